The van der Waals surface area contributed by atoms with Gasteiger partial charge in [0.15, 0.2) is 0 Å². The lowest BCUT2D eigenvalue weighted by Crippen LogP contribution is -2.51. The number of thiophene rings is 1. The Kier molecular flexibility index (Phi) is 7.62. The number of piperidine rings is 2. The molecule has 3 aliphatic rings. The van der Waals surface area contributed by atoms with E-state index in [2.05, 4.69) is 33.9 Å². The molecule has 0 aliphatic carbocycles. The molecule has 2 saturated heterocycles. The number of carbonyl (C=O) groups is 3. The Labute approximate surface area is 233 Å². The quantitative estimate of drug-likeness (QED) is 0.521. The number of carbonyl (C=O) groups excluding carboxylic acids is 3. The average molecular weight is 549 g/mol. The van der Waals surface area contributed by atoms with Crippen molar-refractivity contribution >= 4 is 47.2 Å². The Morgan fingerprint density at radius 1 is 1.13 bits per heavy atom. The van der Waals surface area contributed by atoms with Crippen LogP contribution in [0.2, 0.25) is 0 Å². The van der Waals surface area contributed by atoms with E-state index in [-0.39, 0.29) is 17.9 Å². The molecule has 206 valence electrons. The van der Waals surface area contributed by atoms with Gasteiger partial charge < -0.3 is 19.9 Å². The second-order valence-corrected chi connectivity index (χ2v) is 12.6. The summed E-state index contributed by atoms with van der Waals surface area (Å²) in [6, 6.07) is 6.18. The minimum atomic E-state index is -0.576. The van der Waals surface area contributed by atoms with E-state index in [9.17, 15) is 14.4 Å². The van der Waals surface area contributed by atoms with Crippen LogP contribution in [0.3, 0.4) is 0 Å². The minimum Gasteiger partial charge on any atom is -0.444 e. The molecule has 3 amide bonds. The maximum absolute atomic E-state index is 13.1. The van der Waals surface area contributed by atoms with Gasteiger partial charge in [-0.25, -0.2) is 9.78 Å². The lowest BCUT2D eigenvalue weighted by molar-refractivity contribution is -0.129. The van der Waals surface area contributed by atoms with Gasteiger partial charge in [0, 0.05) is 43.3 Å². The van der Waals surface area contributed by atoms with Crippen molar-refractivity contribution in [3.05, 3.63) is 57.4 Å². The van der Waals surface area contributed by atoms with Gasteiger partial charge in [-0.3, -0.25) is 9.59 Å². The van der Waals surface area contributed by atoms with Crippen LogP contribution in [0.5, 0.6) is 0 Å². The van der Waals surface area contributed by atoms with E-state index < -0.39 is 11.0 Å². The van der Waals surface area contributed by atoms with Crippen molar-refractivity contribution in [2.75, 3.05) is 31.5 Å². The first-order valence-electron chi connectivity index (χ1n) is 13.6. The number of anilines is 1. The number of nitrogens with zero attached hydrogens (tertiary/aromatic N) is 3. The third-order valence-electron chi connectivity index (χ3n) is 7.63. The monoisotopic (exact) mass is 548 g/mol. The zero-order valence-electron chi connectivity index (χ0n) is 22.9. The van der Waals surface area contributed by atoms with Crippen molar-refractivity contribution in [3.8, 4) is 0 Å². The molecular formula is C30H36N4O4S. The van der Waals surface area contributed by atoms with Crippen molar-refractivity contribution in [1.29, 1.82) is 0 Å². The predicted molar refractivity (Wildman–Crippen MR) is 153 cm³/mol. The maximum atomic E-state index is 13.1. The molecule has 1 spiro atoms. The normalized spacial score (nSPS) is 19.2. The molecule has 0 saturated carbocycles. The highest BCUT2D eigenvalue weighted by Crippen LogP contribution is 2.41. The van der Waals surface area contributed by atoms with E-state index in [1.807, 2.05) is 31.7 Å². The highest BCUT2D eigenvalue weighted by Gasteiger charge is 2.46. The molecule has 9 heteroatoms. The number of likely N-dealkylation sites (tertiary alicyclic amines) is 2. The Morgan fingerprint density at radius 2 is 1.87 bits per heavy atom. The number of amides is 3. The largest absolute Gasteiger partial charge is 0.444 e. The summed E-state index contributed by atoms with van der Waals surface area (Å²) in [5.41, 5.74) is 2.04. The molecule has 2 aromatic heterocycles. The summed E-state index contributed by atoms with van der Waals surface area (Å²) in [7, 11) is 0. The molecule has 39 heavy (non-hydrogen) atoms. The minimum absolute atomic E-state index is 0.00202. The zero-order valence-corrected chi connectivity index (χ0v) is 23.7. The number of rotatable bonds is 3. The number of nitrogens with one attached hydrogen (secondary N) is 1. The van der Waals surface area contributed by atoms with E-state index in [0.717, 1.165) is 37.1 Å². The smallest absolute Gasteiger partial charge is 0.410 e. The van der Waals surface area contributed by atoms with Crippen molar-refractivity contribution < 1.29 is 19.1 Å². The summed E-state index contributed by atoms with van der Waals surface area (Å²) in [4.78, 5) is 47.7. The summed E-state index contributed by atoms with van der Waals surface area (Å²) < 4.78 is 5.50. The third kappa shape index (κ3) is 6.41. The number of ether oxygens (including phenoxy) is 1. The van der Waals surface area contributed by atoms with E-state index >= 15 is 0 Å². The summed E-state index contributed by atoms with van der Waals surface area (Å²) in [6.45, 7) is 7.93. The molecule has 2 fully saturated rings. The second kappa shape index (κ2) is 11.0. The first-order chi connectivity index (χ1) is 18.6. The highest BCUT2D eigenvalue weighted by molar-refractivity contribution is 7.10. The van der Waals surface area contributed by atoms with Crippen LogP contribution in [0.15, 0.2) is 41.4 Å². The van der Waals surface area contributed by atoms with Crippen LogP contribution in [0, 0.1) is 5.41 Å². The van der Waals surface area contributed by atoms with Gasteiger partial charge in [-0.1, -0.05) is 11.6 Å². The topological polar surface area (TPSA) is 91.8 Å². The molecule has 5 rings (SSSR count). The van der Waals surface area contributed by atoms with Crippen LogP contribution in [0.1, 0.15) is 62.5 Å². The van der Waals surface area contributed by atoms with Crippen LogP contribution in [-0.4, -0.2) is 64.5 Å². The van der Waals surface area contributed by atoms with Gasteiger partial charge in [-0.05, 0) is 93.7 Å². The first-order valence-corrected chi connectivity index (χ1v) is 14.5. The number of fused-ring (bicyclic) bond motifs is 1. The van der Waals surface area contributed by atoms with Crippen molar-refractivity contribution in [3.63, 3.8) is 0 Å². The molecule has 0 bridgehead atoms. The number of aromatic nitrogens is 1. The second-order valence-electron chi connectivity index (χ2n) is 11.6. The molecule has 0 radical (unpaired) electrons. The highest BCUT2D eigenvalue weighted by atomic mass is 32.1. The van der Waals surface area contributed by atoms with E-state index in [1.54, 1.807) is 34.6 Å². The molecule has 1 N–H and O–H groups in total. The Bertz CT molecular complexity index is 1290. The summed E-state index contributed by atoms with van der Waals surface area (Å²) in [5, 5.41) is 5.06. The van der Waals surface area contributed by atoms with Gasteiger partial charge in [0.05, 0.1) is 5.41 Å². The van der Waals surface area contributed by atoms with Gasteiger partial charge in [0.1, 0.15) is 11.4 Å². The fraction of sp³-hybridized carbons (Fsp3) is 0.467. The maximum Gasteiger partial charge on any atom is 0.410 e. The lowest BCUT2D eigenvalue weighted by Gasteiger charge is -2.43. The van der Waals surface area contributed by atoms with E-state index in [0.29, 0.717) is 38.2 Å². The van der Waals surface area contributed by atoms with Crippen LogP contribution in [0.4, 0.5) is 10.6 Å². The van der Waals surface area contributed by atoms with Gasteiger partial charge in [0.2, 0.25) is 11.8 Å². The molecule has 2 aromatic rings. The molecule has 5 heterocycles. The Hall–Kier alpha value is -3.46. The first kappa shape index (κ1) is 27.1. The van der Waals surface area contributed by atoms with Crippen molar-refractivity contribution in [2.45, 2.75) is 58.5 Å². The van der Waals surface area contributed by atoms with Gasteiger partial charge in [-0.2, -0.15) is 0 Å². The number of hydrogen-bond donors (Lipinski definition) is 1. The fourth-order valence-corrected chi connectivity index (χ4v) is 6.11. The number of pyridine rings is 1. The van der Waals surface area contributed by atoms with Gasteiger partial charge in [0.25, 0.3) is 0 Å². The van der Waals surface area contributed by atoms with E-state index in [1.165, 1.54) is 10.5 Å². The summed E-state index contributed by atoms with van der Waals surface area (Å²) >= 11 is 1.73. The molecular weight excluding hydrogens is 512 g/mol. The molecule has 0 aromatic carbocycles. The van der Waals surface area contributed by atoms with Crippen LogP contribution in [0.25, 0.3) is 12.2 Å². The summed E-state index contributed by atoms with van der Waals surface area (Å²) in [6.07, 6.45) is 10.5. The lowest BCUT2D eigenvalue weighted by atomic mass is 9.71. The SMILES string of the molecule is CC(C)(C)OC(=O)N1CCC2(CC1)Cc1cc(C=CC(=O)N3CCC(=Cc4cccs4)CC3)cnc1NC2=O. The van der Waals surface area contributed by atoms with Crippen LogP contribution >= 0.6 is 11.3 Å². The molecule has 3 aliphatic heterocycles. The average Bonchev–Trinajstić information content (AvgIpc) is 3.41. The molecule has 0 atom stereocenters. The number of hydrogen-bond acceptors (Lipinski definition) is 6. The zero-order chi connectivity index (χ0) is 27.6. The summed E-state index contributed by atoms with van der Waals surface area (Å²) in [5.74, 6) is 0.536. The van der Waals surface area contributed by atoms with Crippen LogP contribution in [-0.2, 0) is 20.7 Å². The van der Waals surface area contributed by atoms with Gasteiger partial charge >= 0.3 is 6.09 Å². The van der Waals surface area contributed by atoms with E-state index in [4.69, 9.17) is 4.74 Å². The standard InChI is InChI=1S/C30H36N4O4S/c1-29(2,3)38-28(37)34-14-10-30(11-15-34)19-23-17-22(20-31-26(23)32-27(30)36)6-7-25(35)33-12-8-21(9-13-33)18-24-5-4-16-39-24/h4-7,16-18,20H,8-15,19H2,1-3H3,(H,31,32,36). The molecule has 0 unspecified atom stereocenters. The molecule has 8 nitrogen and oxygen atoms in total. The van der Waals surface area contributed by atoms with Crippen molar-refractivity contribution in [1.82, 2.24) is 14.8 Å². The Morgan fingerprint density at radius 3 is 2.54 bits per heavy atom. The Balaban J connectivity index is 1.19. The fourth-order valence-electron chi connectivity index (χ4n) is 5.41. The van der Waals surface area contributed by atoms with Gasteiger partial charge in [-0.15, -0.1) is 11.3 Å². The van der Waals surface area contributed by atoms with Crippen molar-refractivity contribution in [2.24, 2.45) is 5.41 Å². The van der Waals surface area contributed by atoms with Crippen LogP contribution < -0.4 is 5.32 Å². The predicted octanol–water partition coefficient (Wildman–Crippen LogP) is 5.37. The third-order valence-corrected chi connectivity index (χ3v) is 8.45.